The summed E-state index contributed by atoms with van der Waals surface area (Å²) in [6.45, 7) is 2.47. The maximum atomic E-state index is 12.5. The molecule has 1 aromatic heterocycles. The van der Waals surface area contributed by atoms with Crippen molar-refractivity contribution in [2.24, 2.45) is 5.92 Å². The van der Waals surface area contributed by atoms with E-state index in [2.05, 4.69) is 22.4 Å². The lowest BCUT2D eigenvalue weighted by Gasteiger charge is -2.22. The number of benzene rings is 1. The second-order valence-electron chi connectivity index (χ2n) is 8.10. The minimum absolute atomic E-state index is 0.00198. The molecule has 2 aliphatic heterocycles. The van der Waals surface area contributed by atoms with Crippen molar-refractivity contribution in [3.8, 4) is 0 Å². The monoisotopic (exact) mass is 395 g/mol. The Hall–Kier alpha value is -2.47. The number of fused-ring (bicyclic) bond motifs is 1. The van der Waals surface area contributed by atoms with Crippen LogP contribution >= 0.6 is 0 Å². The van der Waals surface area contributed by atoms with Crippen LogP contribution in [0.1, 0.15) is 37.7 Å². The summed E-state index contributed by atoms with van der Waals surface area (Å²) < 4.78 is 5.69. The van der Waals surface area contributed by atoms with Gasteiger partial charge >= 0.3 is 0 Å². The molecule has 2 fully saturated rings. The van der Waals surface area contributed by atoms with E-state index in [0.29, 0.717) is 32.6 Å². The Morgan fingerprint density at radius 1 is 1.17 bits per heavy atom. The highest BCUT2D eigenvalue weighted by Gasteiger charge is 2.30. The molecule has 2 aromatic rings. The predicted molar refractivity (Wildman–Crippen MR) is 111 cm³/mol. The average Bonchev–Trinajstić information content (AvgIpc) is 3.05. The van der Waals surface area contributed by atoms with Crippen LogP contribution in [-0.2, 0) is 20.7 Å². The van der Waals surface area contributed by atoms with Crippen molar-refractivity contribution in [1.82, 2.24) is 15.2 Å². The Labute approximate surface area is 171 Å². The lowest BCUT2D eigenvalue weighted by Crippen LogP contribution is -2.42. The minimum atomic E-state index is 0.00198. The lowest BCUT2D eigenvalue weighted by atomic mass is 9.93. The van der Waals surface area contributed by atoms with Gasteiger partial charge in [0.05, 0.1) is 24.8 Å². The van der Waals surface area contributed by atoms with Crippen LogP contribution in [0.25, 0.3) is 10.9 Å². The normalized spacial score (nSPS) is 22.6. The first-order valence-electron chi connectivity index (χ1n) is 10.7. The Bertz CT molecular complexity index is 864. The number of pyridine rings is 1. The molecule has 2 aliphatic rings. The molecule has 4 rings (SSSR count). The predicted octanol–water partition coefficient (Wildman–Crippen LogP) is 2.70. The molecule has 2 saturated heterocycles. The molecule has 0 aliphatic carbocycles. The number of ether oxygens (including phenoxy) is 1. The van der Waals surface area contributed by atoms with Crippen molar-refractivity contribution in [1.29, 1.82) is 0 Å². The van der Waals surface area contributed by atoms with Gasteiger partial charge < -0.3 is 15.0 Å². The van der Waals surface area contributed by atoms with Crippen LogP contribution in [0.5, 0.6) is 0 Å². The van der Waals surface area contributed by atoms with Gasteiger partial charge in [-0.1, -0.05) is 24.6 Å². The lowest BCUT2D eigenvalue weighted by molar-refractivity contribution is -0.131. The van der Waals surface area contributed by atoms with Gasteiger partial charge in [0.1, 0.15) is 0 Å². The van der Waals surface area contributed by atoms with Crippen LogP contribution in [0, 0.1) is 5.92 Å². The van der Waals surface area contributed by atoms with Gasteiger partial charge in [-0.2, -0.15) is 0 Å². The number of para-hydroxylation sites is 1. The van der Waals surface area contributed by atoms with Gasteiger partial charge in [-0.25, -0.2) is 0 Å². The largest absolute Gasteiger partial charge is 0.379 e. The molecule has 1 N–H and O–H groups in total. The molecule has 0 bridgehead atoms. The third kappa shape index (κ3) is 4.93. The van der Waals surface area contributed by atoms with Crippen molar-refractivity contribution < 1.29 is 14.3 Å². The molecular weight excluding hydrogens is 366 g/mol. The number of rotatable bonds is 6. The van der Waals surface area contributed by atoms with E-state index in [-0.39, 0.29) is 23.8 Å². The highest BCUT2D eigenvalue weighted by Crippen LogP contribution is 2.24. The topological polar surface area (TPSA) is 71.5 Å². The van der Waals surface area contributed by atoms with E-state index in [0.717, 1.165) is 43.1 Å². The molecule has 2 amide bonds. The van der Waals surface area contributed by atoms with E-state index < -0.39 is 0 Å². The SMILES string of the molecule is O=C(CCN1CCCCCC1=O)N[C@@H]1COC[C@H]1Cc1ccnc2ccccc12. The van der Waals surface area contributed by atoms with Crippen LogP contribution in [-0.4, -0.2) is 54.0 Å². The molecular formula is C23H29N3O3. The van der Waals surface area contributed by atoms with E-state index in [1.165, 1.54) is 5.56 Å². The molecule has 6 heteroatoms. The van der Waals surface area contributed by atoms with Crippen LogP contribution < -0.4 is 5.32 Å². The summed E-state index contributed by atoms with van der Waals surface area (Å²) in [5, 5.41) is 4.31. The van der Waals surface area contributed by atoms with Crippen LogP contribution in [0.2, 0.25) is 0 Å². The number of hydrogen-bond acceptors (Lipinski definition) is 4. The van der Waals surface area contributed by atoms with Crippen molar-refractivity contribution in [2.45, 2.75) is 44.6 Å². The van der Waals surface area contributed by atoms with E-state index in [1.807, 2.05) is 29.3 Å². The van der Waals surface area contributed by atoms with Gasteiger partial charge in [0, 0.05) is 43.4 Å². The van der Waals surface area contributed by atoms with Gasteiger partial charge in [-0.05, 0) is 37.0 Å². The number of likely N-dealkylation sites (tertiary alicyclic amines) is 1. The van der Waals surface area contributed by atoms with Crippen LogP contribution in [0.15, 0.2) is 36.5 Å². The number of carbonyl (C=O) groups is 2. The second-order valence-corrected chi connectivity index (χ2v) is 8.10. The van der Waals surface area contributed by atoms with Gasteiger partial charge in [-0.3, -0.25) is 14.6 Å². The van der Waals surface area contributed by atoms with Gasteiger partial charge in [0.25, 0.3) is 0 Å². The highest BCUT2D eigenvalue weighted by molar-refractivity contribution is 5.82. The molecule has 6 nitrogen and oxygen atoms in total. The van der Waals surface area contributed by atoms with Crippen LogP contribution in [0.4, 0.5) is 0 Å². The van der Waals surface area contributed by atoms with Crippen molar-refractivity contribution in [3.63, 3.8) is 0 Å². The zero-order chi connectivity index (χ0) is 20.1. The van der Waals surface area contributed by atoms with E-state index in [4.69, 9.17) is 4.74 Å². The number of carbonyl (C=O) groups excluding carboxylic acids is 2. The second kappa shape index (κ2) is 9.35. The third-order valence-electron chi connectivity index (χ3n) is 6.05. The summed E-state index contributed by atoms with van der Waals surface area (Å²) in [6.07, 6.45) is 6.75. The Balaban J connectivity index is 1.33. The number of nitrogens with zero attached hydrogens (tertiary/aromatic N) is 2. The van der Waals surface area contributed by atoms with Crippen molar-refractivity contribution >= 4 is 22.7 Å². The summed E-state index contributed by atoms with van der Waals surface area (Å²) in [4.78, 5) is 30.9. The summed E-state index contributed by atoms with van der Waals surface area (Å²) in [5.74, 6) is 0.425. The molecule has 0 radical (unpaired) electrons. The maximum absolute atomic E-state index is 12.5. The van der Waals surface area contributed by atoms with E-state index >= 15 is 0 Å². The summed E-state index contributed by atoms with van der Waals surface area (Å²) in [7, 11) is 0. The Morgan fingerprint density at radius 3 is 3.00 bits per heavy atom. The first kappa shape index (κ1) is 19.8. The van der Waals surface area contributed by atoms with Gasteiger partial charge in [0.2, 0.25) is 11.8 Å². The molecule has 3 heterocycles. The van der Waals surface area contributed by atoms with E-state index in [1.54, 1.807) is 0 Å². The van der Waals surface area contributed by atoms with E-state index in [9.17, 15) is 9.59 Å². The molecule has 2 atom stereocenters. The fraction of sp³-hybridized carbons (Fsp3) is 0.522. The first-order valence-corrected chi connectivity index (χ1v) is 10.7. The number of nitrogens with one attached hydrogen (secondary N) is 1. The maximum Gasteiger partial charge on any atom is 0.222 e. The molecule has 29 heavy (non-hydrogen) atoms. The Morgan fingerprint density at radius 2 is 2.07 bits per heavy atom. The van der Waals surface area contributed by atoms with Crippen molar-refractivity contribution in [3.05, 3.63) is 42.1 Å². The quantitative estimate of drug-likeness (QED) is 0.816. The Kier molecular flexibility index (Phi) is 6.39. The molecule has 0 saturated carbocycles. The first-order chi connectivity index (χ1) is 14.2. The fourth-order valence-corrected chi connectivity index (χ4v) is 4.37. The summed E-state index contributed by atoms with van der Waals surface area (Å²) in [6, 6.07) is 10.2. The number of aromatic nitrogens is 1. The number of amides is 2. The zero-order valence-corrected chi connectivity index (χ0v) is 16.8. The number of hydrogen-bond donors (Lipinski definition) is 1. The fourth-order valence-electron chi connectivity index (χ4n) is 4.37. The molecule has 0 unspecified atom stereocenters. The third-order valence-corrected chi connectivity index (χ3v) is 6.05. The zero-order valence-electron chi connectivity index (χ0n) is 16.8. The van der Waals surface area contributed by atoms with Gasteiger partial charge in [0.15, 0.2) is 0 Å². The van der Waals surface area contributed by atoms with Gasteiger partial charge in [-0.15, -0.1) is 0 Å². The van der Waals surface area contributed by atoms with Crippen LogP contribution in [0.3, 0.4) is 0 Å². The average molecular weight is 396 g/mol. The molecule has 0 spiro atoms. The minimum Gasteiger partial charge on any atom is -0.379 e. The molecule has 154 valence electrons. The standard InChI is InChI=1S/C23H29N3O3/c27-22(10-13-26-12-5-1-2-8-23(26)28)25-21-16-29-15-18(21)14-17-9-11-24-20-7-4-3-6-19(17)20/h3-4,6-7,9,11,18,21H,1-2,5,8,10,12-16H2,(H,25,27)/t18-,21-/m1/s1. The summed E-state index contributed by atoms with van der Waals surface area (Å²) >= 11 is 0. The smallest absolute Gasteiger partial charge is 0.222 e. The molecule has 1 aromatic carbocycles. The van der Waals surface area contributed by atoms with Crippen molar-refractivity contribution in [2.75, 3.05) is 26.3 Å². The summed E-state index contributed by atoms with van der Waals surface area (Å²) in [5.41, 5.74) is 2.23. The highest BCUT2D eigenvalue weighted by atomic mass is 16.5.